The van der Waals surface area contributed by atoms with Gasteiger partial charge in [0.25, 0.3) is 5.91 Å². The lowest BCUT2D eigenvalue weighted by atomic mass is 10.0. The van der Waals surface area contributed by atoms with Gasteiger partial charge in [-0.3, -0.25) is 9.69 Å². The summed E-state index contributed by atoms with van der Waals surface area (Å²) in [5, 5.41) is 1.26. The zero-order valence-electron chi connectivity index (χ0n) is 18.8. The third-order valence-electron chi connectivity index (χ3n) is 5.21. The monoisotopic (exact) mass is 541 g/mol. The van der Waals surface area contributed by atoms with E-state index in [1.807, 2.05) is 42.5 Å². The number of rotatable bonds is 8. The molecule has 1 heterocycles. The number of hydrogen-bond donors (Lipinski definition) is 0. The summed E-state index contributed by atoms with van der Waals surface area (Å²) in [6.07, 6.45) is 4.18. The van der Waals surface area contributed by atoms with Crippen LogP contribution in [0.1, 0.15) is 16.7 Å². The molecule has 178 valence electrons. The summed E-state index contributed by atoms with van der Waals surface area (Å²) in [5.74, 6) is 1.01. The van der Waals surface area contributed by atoms with Crippen molar-refractivity contribution in [3.8, 4) is 11.5 Å². The van der Waals surface area contributed by atoms with Crippen LogP contribution in [-0.2, 0) is 17.8 Å². The van der Waals surface area contributed by atoms with Crippen molar-refractivity contribution < 1.29 is 14.3 Å². The van der Waals surface area contributed by atoms with Gasteiger partial charge >= 0.3 is 0 Å². The average molecular weight is 543 g/mol. The largest absolute Gasteiger partial charge is 0.493 e. The Hall–Kier alpha value is -2.77. The molecule has 0 atom stereocenters. The molecule has 0 aromatic heterocycles. The van der Waals surface area contributed by atoms with Gasteiger partial charge in [-0.05, 0) is 72.2 Å². The molecule has 8 heteroatoms. The number of carbonyl (C=O) groups excluding carboxylic acids is 1. The smallest absolute Gasteiger partial charge is 0.270 e. The Morgan fingerprint density at radius 2 is 1.71 bits per heavy atom. The fraction of sp³-hybridized carbons (Fsp3) is 0.111. The SMILES string of the molecule is C=CCc1cc(/C=C2/SC(=S)N(c3ccc(Cl)cc3)C2=O)cc(OC)c1OCc1ccc(Cl)cc1. The predicted octanol–water partition coefficient (Wildman–Crippen LogP) is 7.72. The van der Waals surface area contributed by atoms with E-state index in [0.29, 0.717) is 49.5 Å². The second-order valence-corrected chi connectivity index (χ2v) is 10.2. The maximum atomic E-state index is 13.2. The van der Waals surface area contributed by atoms with Crippen molar-refractivity contribution in [3.05, 3.63) is 105 Å². The molecular weight excluding hydrogens is 521 g/mol. The molecule has 3 aromatic carbocycles. The second-order valence-electron chi connectivity index (χ2n) is 7.61. The van der Waals surface area contributed by atoms with E-state index in [1.54, 1.807) is 37.5 Å². The molecule has 4 nitrogen and oxygen atoms in total. The highest BCUT2D eigenvalue weighted by atomic mass is 35.5. The van der Waals surface area contributed by atoms with Gasteiger partial charge in [0.15, 0.2) is 15.8 Å². The normalized spacial score (nSPS) is 14.5. The highest BCUT2D eigenvalue weighted by Gasteiger charge is 2.33. The van der Waals surface area contributed by atoms with E-state index < -0.39 is 0 Å². The van der Waals surface area contributed by atoms with Crippen LogP contribution in [0.15, 0.2) is 78.2 Å². The summed E-state index contributed by atoms with van der Waals surface area (Å²) in [7, 11) is 1.59. The minimum Gasteiger partial charge on any atom is -0.493 e. The fourth-order valence-electron chi connectivity index (χ4n) is 3.56. The minimum absolute atomic E-state index is 0.186. The predicted molar refractivity (Wildman–Crippen MR) is 150 cm³/mol. The second kappa shape index (κ2) is 11.3. The lowest BCUT2D eigenvalue weighted by Gasteiger charge is -2.16. The summed E-state index contributed by atoms with van der Waals surface area (Å²) in [6.45, 7) is 4.23. The molecule has 1 aliphatic rings. The van der Waals surface area contributed by atoms with Crippen LogP contribution in [0.2, 0.25) is 10.0 Å². The molecule has 1 saturated heterocycles. The Labute approximate surface area is 224 Å². The van der Waals surface area contributed by atoms with E-state index in [-0.39, 0.29) is 5.91 Å². The molecule has 35 heavy (non-hydrogen) atoms. The van der Waals surface area contributed by atoms with Gasteiger partial charge in [0.1, 0.15) is 6.61 Å². The molecule has 0 aliphatic carbocycles. The van der Waals surface area contributed by atoms with Gasteiger partial charge < -0.3 is 9.47 Å². The van der Waals surface area contributed by atoms with Crippen molar-refractivity contribution in [1.29, 1.82) is 0 Å². The van der Waals surface area contributed by atoms with Crippen LogP contribution in [0.3, 0.4) is 0 Å². The lowest BCUT2D eigenvalue weighted by molar-refractivity contribution is -0.113. The molecule has 0 radical (unpaired) electrons. The van der Waals surface area contributed by atoms with Gasteiger partial charge in [0, 0.05) is 15.6 Å². The van der Waals surface area contributed by atoms with Gasteiger partial charge in [-0.2, -0.15) is 0 Å². The molecule has 1 aliphatic heterocycles. The first-order valence-corrected chi connectivity index (χ1v) is 12.6. The standard InChI is InChI=1S/C27H21Cl2NO3S2/c1-3-4-19-13-18(14-23(32-2)25(19)33-16-17-5-7-20(28)8-6-17)15-24-26(31)30(27(34)35-24)22-11-9-21(29)10-12-22/h3,5-15H,1,4,16H2,2H3/b24-15+. The first-order valence-electron chi connectivity index (χ1n) is 10.6. The van der Waals surface area contributed by atoms with Crippen LogP contribution in [0.5, 0.6) is 11.5 Å². The Morgan fingerprint density at radius 3 is 2.34 bits per heavy atom. The Morgan fingerprint density at radius 1 is 1.06 bits per heavy atom. The number of thiocarbonyl (C=S) groups is 1. The first-order chi connectivity index (χ1) is 16.9. The summed E-state index contributed by atoms with van der Waals surface area (Å²) >= 11 is 18.7. The van der Waals surface area contributed by atoms with Crippen LogP contribution in [-0.4, -0.2) is 17.3 Å². The van der Waals surface area contributed by atoms with Crippen molar-refractivity contribution in [2.45, 2.75) is 13.0 Å². The van der Waals surface area contributed by atoms with Crippen molar-refractivity contribution in [3.63, 3.8) is 0 Å². The van der Waals surface area contributed by atoms with Gasteiger partial charge in [-0.15, -0.1) is 6.58 Å². The Balaban J connectivity index is 1.63. The third kappa shape index (κ3) is 5.90. The number of benzene rings is 3. The number of carbonyl (C=O) groups is 1. The lowest BCUT2D eigenvalue weighted by Crippen LogP contribution is -2.27. The van der Waals surface area contributed by atoms with E-state index in [2.05, 4.69) is 6.58 Å². The van der Waals surface area contributed by atoms with Crippen molar-refractivity contribution >= 4 is 69.2 Å². The molecule has 0 saturated carbocycles. The van der Waals surface area contributed by atoms with Crippen LogP contribution in [0.25, 0.3) is 6.08 Å². The first kappa shape index (κ1) is 25.3. The number of anilines is 1. The number of hydrogen-bond acceptors (Lipinski definition) is 5. The minimum atomic E-state index is -0.186. The number of halogens is 2. The van der Waals surface area contributed by atoms with Crippen molar-refractivity contribution in [1.82, 2.24) is 0 Å². The van der Waals surface area contributed by atoms with E-state index in [1.165, 1.54) is 16.7 Å². The number of nitrogens with zero attached hydrogens (tertiary/aromatic N) is 1. The number of methoxy groups -OCH3 is 1. The molecule has 1 fully saturated rings. The molecule has 3 aromatic rings. The topological polar surface area (TPSA) is 38.8 Å². The van der Waals surface area contributed by atoms with Crippen LogP contribution >= 0.6 is 47.2 Å². The van der Waals surface area contributed by atoms with Crippen LogP contribution < -0.4 is 14.4 Å². The number of amides is 1. The molecule has 4 rings (SSSR count). The van der Waals surface area contributed by atoms with E-state index in [0.717, 1.165) is 16.7 Å². The molecular formula is C27H21Cl2NO3S2. The maximum Gasteiger partial charge on any atom is 0.270 e. The van der Waals surface area contributed by atoms with Crippen molar-refractivity contribution in [2.75, 3.05) is 12.0 Å². The summed E-state index contributed by atoms with van der Waals surface area (Å²) < 4.78 is 12.2. The van der Waals surface area contributed by atoms with E-state index in [9.17, 15) is 4.79 Å². The quantitative estimate of drug-likeness (QED) is 0.166. The van der Waals surface area contributed by atoms with Gasteiger partial charge in [0.05, 0.1) is 17.7 Å². The molecule has 0 N–H and O–H groups in total. The highest BCUT2D eigenvalue weighted by Crippen LogP contribution is 2.39. The number of allylic oxidation sites excluding steroid dienone is 1. The Kier molecular flexibility index (Phi) is 8.19. The van der Waals surface area contributed by atoms with Gasteiger partial charge in [-0.25, -0.2) is 0 Å². The van der Waals surface area contributed by atoms with Crippen molar-refractivity contribution in [2.24, 2.45) is 0 Å². The highest BCUT2D eigenvalue weighted by molar-refractivity contribution is 8.27. The summed E-state index contributed by atoms with van der Waals surface area (Å²) in [5.41, 5.74) is 3.36. The average Bonchev–Trinajstić information content (AvgIpc) is 3.12. The molecule has 0 spiro atoms. The zero-order valence-corrected chi connectivity index (χ0v) is 21.9. The number of ether oxygens (including phenoxy) is 2. The van der Waals surface area contributed by atoms with Crippen LogP contribution in [0.4, 0.5) is 5.69 Å². The third-order valence-corrected chi connectivity index (χ3v) is 7.02. The Bertz CT molecular complexity index is 1310. The molecule has 0 unspecified atom stereocenters. The zero-order chi connectivity index (χ0) is 24.9. The van der Waals surface area contributed by atoms with E-state index >= 15 is 0 Å². The number of thioether (sulfide) groups is 1. The maximum absolute atomic E-state index is 13.2. The molecule has 0 bridgehead atoms. The van der Waals surface area contributed by atoms with Crippen LogP contribution in [0, 0.1) is 0 Å². The summed E-state index contributed by atoms with van der Waals surface area (Å²) in [4.78, 5) is 15.2. The summed E-state index contributed by atoms with van der Waals surface area (Å²) in [6, 6.07) is 18.3. The fourth-order valence-corrected chi connectivity index (χ4v) is 5.11. The molecule has 1 amide bonds. The van der Waals surface area contributed by atoms with Gasteiger partial charge in [-0.1, -0.05) is 65.4 Å². The van der Waals surface area contributed by atoms with E-state index in [4.69, 9.17) is 44.9 Å². The van der Waals surface area contributed by atoms with Gasteiger partial charge in [0.2, 0.25) is 0 Å².